The molecule has 20 heavy (non-hydrogen) atoms. The maximum absolute atomic E-state index is 12.1. The zero-order chi connectivity index (χ0) is 14.0. The minimum Gasteiger partial charge on any atom is -0.465 e. The van der Waals surface area contributed by atoms with Gasteiger partial charge < -0.3 is 14.1 Å². The van der Waals surface area contributed by atoms with Crippen molar-refractivity contribution in [1.29, 1.82) is 0 Å². The minimum atomic E-state index is -0.109. The molecule has 5 heteroatoms. The van der Waals surface area contributed by atoms with Crippen molar-refractivity contribution >= 4 is 18.0 Å². The average molecular weight is 275 g/mol. The summed E-state index contributed by atoms with van der Waals surface area (Å²) in [7, 11) is 0. The SMILES string of the molecule is O=C1CC2(CCN(C(=O)/C=C/c3ccco3)CC2)CO1. The van der Waals surface area contributed by atoms with Crippen LogP contribution in [0.15, 0.2) is 28.9 Å². The number of carbonyl (C=O) groups excluding carboxylic acids is 2. The molecule has 3 heterocycles. The van der Waals surface area contributed by atoms with Crippen molar-refractivity contribution in [3.8, 4) is 0 Å². The van der Waals surface area contributed by atoms with Crippen LogP contribution in [0.2, 0.25) is 0 Å². The van der Waals surface area contributed by atoms with Crippen LogP contribution < -0.4 is 0 Å². The number of esters is 1. The van der Waals surface area contributed by atoms with Crippen LogP contribution >= 0.6 is 0 Å². The van der Waals surface area contributed by atoms with Crippen molar-refractivity contribution in [3.05, 3.63) is 30.2 Å². The van der Waals surface area contributed by atoms with E-state index in [0.717, 1.165) is 12.8 Å². The van der Waals surface area contributed by atoms with Crippen LogP contribution in [-0.2, 0) is 14.3 Å². The van der Waals surface area contributed by atoms with Gasteiger partial charge in [-0.05, 0) is 31.1 Å². The Labute approximate surface area is 117 Å². The molecule has 2 saturated heterocycles. The Kier molecular flexibility index (Phi) is 3.34. The molecule has 0 radical (unpaired) electrons. The van der Waals surface area contributed by atoms with E-state index in [4.69, 9.17) is 9.15 Å². The number of furan rings is 1. The standard InChI is InChI=1S/C15H17NO4/c17-13(4-3-12-2-1-9-19-12)16-7-5-15(6-8-16)10-14(18)20-11-15/h1-4,9H,5-8,10-11H2/b4-3+. The highest BCUT2D eigenvalue weighted by Gasteiger charge is 2.43. The zero-order valence-corrected chi connectivity index (χ0v) is 11.2. The topological polar surface area (TPSA) is 59.8 Å². The van der Waals surface area contributed by atoms with Gasteiger partial charge in [-0.2, -0.15) is 0 Å². The van der Waals surface area contributed by atoms with Gasteiger partial charge in [0.2, 0.25) is 5.91 Å². The number of cyclic esters (lactones) is 1. The Balaban J connectivity index is 1.55. The van der Waals surface area contributed by atoms with Crippen LogP contribution in [0.5, 0.6) is 0 Å². The van der Waals surface area contributed by atoms with Gasteiger partial charge in [-0.15, -0.1) is 0 Å². The van der Waals surface area contributed by atoms with E-state index in [0.29, 0.717) is 31.9 Å². The molecule has 0 atom stereocenters. The molecule has 0 saturated carbocycles. The summed E-state index contributed by atoms with van der Waals surface area (Å²) in [5.41, 5.74) is -0.0292. The molecule has 2 fully saturated rings. The van der Waals surface area contributed by atoms with E-state index in [1.165, 1.54) is 6.08 Å². The normalized spacial score (nSPS) is 21.6. The van der Waals surface area contributed by atoms with Crippen LogP contribution in [0.4, 0.5) is 0 Å². The molecule has 1 spiro atoms. The second kappa shape index (κ2) is 5.15. The van der Waals surface area contributed by atoms with Gasteiger partial charge in [0.1, 0.15) is 5.76 Å². The van der Waals surface area contributed by atoms with Gasteiger partial charge in [0.25, 0.3) is 0 Å². The van der Waals surface area contributed by atoms with Crippen molar-refractivity contribution in [3.63, 3.8) is 0 Å². The van der Waals surface area contributed by atoms with Gasteiger partial charge in [-0.3, -0.25) is 9.59 Å². The van der Waals surface area contributed by atoms with Crippen LogP contribution in [0, 0.1) is 5.41 Å². The monoisotopic (exact) mass is 275 g/mol. The lowest BCUT2D eigenvalue weighted by Gasteiger charge is -2.36. The predicted molar refractivity (Wildman–Crippen MR) is 71.6 cm³/mol. The number of piperidine rings is 1. The second-order valence-electron chi connectivity index (χ2n) is 5.51. The molecule has 0 bridgehead atoms. The molecular formula is C15H17NO4. The molecule has 1 amide bonds. The Morgan fingerprint density at radius 3 is 2.75 bits per heavy atom. The van der Waals surface area contributed by atoms with Gasteiger partial charge in [0.05, 0.1) is 19.3 Å². The predicted octanol–water partition coefficient (Wildman–Crippen LogP) is 1.85. The summed E-state index contributed by atoms with van der Waals surface area (Å²) in [6, 6.07) is 3.59. The molecule has 106 valence electrons. The van der Waals surface area contributed by atoms with E-state index in [2.05, 4.69) is 0 Å². The molecule has 0 unspecified atom stereocenters. The molecule has 2 aliphatic rings. The minimum absolute atomic E-state index is 0.0125. The first kappa shape index (κ1) is 13.0. The fourth-order valence-electron chi connectivity index (χ4n) is 2.81. The average Bonchev–Trinajstić information content (AvgIpc) is 3.08. The molecule has 2 aliphatic heterocycles. The van der Waals surface area contributed by atoms with E-state index in [9.17, 15) is 9.59 Å². The summed E-state index contributed by atoms with van der Waals surface area (Å²) >= 11 is 0. The highest BCUT2D eigenvalue weighted by molar-refractivity contribution is 5.91. The number of carbonyl (C=O) groups is 2. The number of hydrogen-bond donors (Lipinski definition) is 0. The fraction of sp³-hybridized carbons (Fsp3) is 0.467. The Morgan fingerprint density at radius 2 is 2.15 bits per heavy atom. The molecule has 0 aromatic carbocycles. The van der Waals surface area contributed by atoms with Crippen LogP contribution in [0.1, 0.15) is 25.0 Å². The number of rotatable bonds is 2. The van der Waals surface area contributed by atoms with Crippen molar-refractivity contribution in [1.82, 2.24) is 4.90 Å². The highest BCUT2D eigenvalue weighted by atomic mass is 16.5. The summed E-state index contributed by atoms with van der Waals surface area (Å²) < 4.78 is 10.2. The van der Waals surface area contributed by atoms with Gasteiger partial charge >= 0.3 is 5.97 Å². The maximum Gasteiger partial charge on any atom is 0.306 e. The Morgan fingerprint density at radius 1 is 1.35 bits per heavy atom. The van der Waals surface area contributed by atoms with Gasteiger partial charge in [-0.1, -0.05) is 0 Å². The van der Waals surface area contributed by atoms with Crippen LogP contribution in [0.25, 0.3) is 6.08 Å². The number of nitrogens with zero attached hydrogens (tertiary/aromatic N) is 1. The summed E-state index contributed by atoms with van der Waals surface area (Å²) in [6.45, 7) is 1.87. The summed E-state index contributed by atoms with van der Waals surface area (Å²) in [4.78, 5) is 25.1. The molecular weight excluding hydrogens is 258 g/mol. The fourth-order valence-corrected chi connectivity index (χ4v) is 2.81. The van der Waals surface area contributed by atoms with E-state index in [-0.39, 0.29) is 17.3 Å². The summed E-state index contributed by atoms with van der Waals surface area (Å²) in [5.74, 6) is 0.547. The number of amides is 1. The van der Waals surface area contributed by atoms with Crippen molar-refractivity contribution in [2.45, 2.75) is 19.3 Å². The smallest absolute Gasteiger partial charge is 0.306 e. The first-order valence-electron chi connectivity index (χ1n) is 6.83. The van der Waals surface area contributed by atoms with Crippen LogP contribution in [0.3, 0.4) is 0 Å². The number of ether oxygens (including phenoxy) is 1. The Bertz CT molecular complexity index is 524. The molecule has 0 aliphatic carbocycles. The van der Waals surface area contributed by atoms with Crippen molar-refractivity contribution < 1.29 is 18.7 Å². The van der Waals surface area contributed by atoms with Crippen LogP contribution in [-0.4, -0.2) is 36.5 Å². The first-order valence-corrected chi connectivity index (χ1v) is 6.83. The highest BCUT2D eigenvalue weighted by Crippen LogP contribution is 2.39. The Hall–Kier alpha value is -2.04. The van der Waals surface area contributed by atoms with Crippen molar-refractivity contribution in [2.24, 2.45) is 5.41 Å². The lowest BCUT2D eigenvalue weighted by Crippen LogP contribution is -2.42. The molecule has 1 aromatic rings. The van der Waals surface area contributed by atoms with E-state index < -0.39 is 0 Å². The molecule has 0 N–H and O–H groups in total. The van der Waals surface area contributed by atoms with Gasteiger partial charge in [0.15, 0.2) is 0 Å². The lowest BCUT2D eigenvalue weighted by atomic mass is 9.78. The quantitative estimate of drug-likeness (QED) is 0.610. The molecule has 5 nitrogen and oxygen atoms in total. The number of likely N-dealkylation sites (tertiary alicyclic amines) is 1. The largest absolute Gasteiger partial charge is 0.465 e. The van der Waals surface area contributed by atoms with Crippen molar-refractivity contribution in [2.75, 3.05) is 19.7 Å². The third-order valence-corrected chi connectivity index (χ3v) is 4.13. The lowest BCUT2D eigenvalue weighted by molar-refractivity contribution is -0.138. The van der Waals surface area contributed by atoms with E-state index >= 15 is 0 Å². The second-order valence-corrected chi connectivity index (χ2v) is 5.51. The molecule has 1 aromatic heterocycles. The molecule has 3 rings (SSSR count). The zero-order valence-electron chi connectivity index (χ0n) is 11.2. The van der Waals surface area contributed by atoms with Gasteiger partial charge in [-0.25, -0.2) is 0 Å². The third kappa shape index (κ3) is 2.61. The summed E-state index contributed by atoms with van der Waals surface area (Å²) in [6.07, 6.45) is 6.95. The summed E-state index contributed by atoms with van der Waals surface area (Å²) in [5, 5.41) is 0. The van der Waals surface area contributed by atoms with Gasteiger partial charge in [0, 0.05) is 24.6 Å². The number of hydrogen-bond acceptors (Lipinski definition) is 4. The first-order chi connectivity index (χ1) is 9.67. The maximum atomic E-state index is 12.1. The van der Waals surface area contributed by atoms with E-state index in [1.807, 2.05) is 4.90 Å². The third-order valence-electron chi connectivity index (χ3n) is 4.13. The van der Waals surface area contributed by atoms with E-state index in [1.54, 1.807) is 24.5 Å².